The minimum Gasteiger partial charge on any atom is -0.326 e. The summed E-state index contributed by atoms with van der Waals surface area (Å²) in [6.07, 6.45) is 0. The summed E-state index contributed by atoms with van der Waals surface area (Å²) < 4.78 is 0. The van der Waals surface area contributed by atoms with Crippen molar-refractivity contribution in [2.24, 2.45) is 5.73 Å². The smallest absolute Gasteiger partial charge is 0.253 e. The Bertz CT molecular complexity index is 648. The zero-order valence-corrected chi connectivity index (χ0v) is 11.4. The van der Waals surface area contributed by atoms with E-state index in [9.17, 15) is 4.79 Å². The third-order valence-corrected chi connectivity index (χ3v) is 3.47. The quantitative estimate of drug-likeness (QED) is 0.810. The van der Waals surface area contributed by atoms with Crippen molar-refractivity contribution in [3.63, 3.8) is 0 Å². The maximum absolute atomic E-state index is 11.8. The zero-order valence-electron chi connectivity index (χ0n) is 11.4. The van der Waals surface area contributed by atoms with Gasteiger partial charge in [-0.3, -0.25) is 4.79 Å². The van der Waals surface area contributed by atoms with Gasteiger partial charge in [-0.05, 0) is 35.6 Å². The van der Waals surface area contributed by atoms with Gasteiger partial charge in [-0.25, -0.2) is 0 Å². The molecule has 1 aromatic carbocycles. The number of rotatable bonds is 1. The van der Waals surface area contributed by atoms with Crippen LogP contribution in [0.2, 0.25) is 0 Å². The second kappa shape index (κ2) is 4.25. The van der Waals surface area contributed by atoms with E-state index in [1.54, 1.807) is 0 Å². The molecule has 0 saturated heterocycles. The summed E-state index contributed by atoms with van der Waals surface area (Å²) in [5, 5.41) is 1.09. The Labute approximate surface area is 107 Å². The summed E-state index contributed by atoms with van der Waals surface area (Å²) in [4.78, 5) is 14.7. The molecule has 2 aromatic rings. The van der Waals surface area contributed by atoms with Gasteiger partial charge in [0.1, 0.15) is 0 Å². The summed E-state index contributed by atoms with van der Waals surface area (Å²) in [7, 11) is 0. The van der Waals surface area contributed by atoms with Crippen LogP contribution in [0.25, 0.3) is 10.9 Å². The molecule has 0 atom stereocenters. The number of fused-ring (bicyclic) bond motifs is 1. The van der Waals surface area contributed by atoms with Crippen molar-refractivity contribution in [1.82, 2.24) is 4.98 Å². The van der Waals surface area contributed by atoms with Crippen LogP contribution in [0, 0.1) is 6.92 Å². The number of hydrogen-bond donors (Lipinski definition) is 2. The summed E-state index contributed by atoms with van der Waals surface area (Å²) in [6.45, 7) is 8.78. The van der Waals surface area contributed by atoms with E-state index in [1.807, 2.05) is 13.0 Å². The lowest BCUT2D eigenvalue weighted by Crippen LogP contribution is -2.18. The van der Waals surface area contributed by atoms with Gasteiger partial charge in [-0.15, -0.1) is 0 Å². The fourth-order valence-corrected chi connectivity index (χ4v) is 2.21. The van der Waals surface area contributed by atoms with Crippen LogP contribution in [-0.2, 0) is 12.0 Å². The largest absolute Gasteiger partial charge is 0.326 e. The van der Waals surface area contributed by atoms with E-state index in [4.69, 9.17) is 5.73 Å². The Balaban J connectivity index is 2.81. The third kappa shape index (κ3) is 2.06. The number of aryl methyl sites for hydroxylation is 1. The molecule has 3 N–H and O–H groups in total. The van der Waals surface area contributed by atoms with Gasteiger partial charge in [0.05, 0.1) is 0 Å². The van der Waals surface area contributed by atoms with Crippen molar-refractivity contribution < 1.29 is 0 Å². The number of pyridine rings is 1. The van der Waals surface area contributed by atoms with Gasteiger partial charge in [0.25, 0.3) is 5.56 Å². The molecule has 0 radical (unpaired) electrons. The lowest BCUT2D eigenvalue weighted by Gasteiger charge is -2.20. The average Bonchev–Trinajstić information content (AvgIpc) is 2.27. The van der Waals surface area contributed by atoms with E-state index in [-0.39, 0.29) is 17.5 Å². The number of hydrogen-bond acceptors (Lipinski definition) is 2. The normalized spacial score (nSPS) is 12.1. The van der Waals surface area contributed by atoms with Gasteiger partial charge < -0.3 is 10.7 Å². The van der Waals surface area contributed by atoms with Gasteiger partial charge >= 0.3 is 0 Å². The van der Waals surface area contributed by atoms with Crippen molar-refractivity contribution in [2.45, 2.75) is 39.7 Å². The van der Waals surface area contributed by atoms with Gasteiger partial charge in [0, 0.05) is 23.0 Å². The highest BCUT2D eigenvalue weighted by Gasteiger charge is 2.15. The van der Waals surface area contributed by atoms with E-state index in [2.05, 4.69) is 37.9 Å². The van der Waals surface area contributed by atoms with Crippen molar-refractivity contribution in [3.05, 3.63) is 45.2 Å². The molecule has 3 heteroatoms. The maximum Gasteiger partial charge on any atom is 0.253 e. The van der Waals surface area contributed by atoms with E-state index >= 15 is 0 Å². The average molecular weight is 244 g/mol. The molecule has 0 spiro atoms. The topological polar surface area (TPSA) is 58.9 Å². The first kappa shape index (κ1) is 12.8. The molecule has 96 valence electrons. The van der Waals surface area contributed by atoms with E-state index in [1.165, 1.54) is 5.56 Å². The predicted octanol–water partition coefficient (Wildman–Crippen LogP) is 2.59. The molecule has 0 aliphatic carbocycles. The second-order valence-corrected chi connectivity index (χ2v) is 5.77. The number of benzene rings is 1. The monoisotopic (exact) mass is 244 g/mol. The highest BCUT2D eigenvalue weighted by atomic mass is 16.1. The van der Waals surface area contributed by atoms with Crippen LogP contribution in [0.15, 0.2) is 23.0 Å². The predicted molar refractivity (Wildman–Crippen MR) is 75.9 cm³/mol. The Morgan fingerprint density at radius 1 is 1.28 bits per heavy atom. The van der Waals surface area contributed by atoms with Gasteiger partial charge in [0.15, 0.2) is 0 Å². The Morgan fingerprint density at radius 2 is 1.94 bits per heavy atom. The number of aromatic amines is 1. The molecule has 0 fully saturated rings. The van der Waals surface area contributed by atoms with Crippen LogP contribution in [0.3, 0.4) is 0 Å². The van der Waals surface area contributed by atoms with Gasteiger partial charge in [0.2, 0.25) is 0 Å². The molecule has 0 aliphatic rings. The second-order valence-electron chi connectivity index (χ2n) is 5.77. The molecule has 2 rings (SSSR count). The number of H-pyrrole nitrogens is 1. The number of nitrogens with one attached hydrogen (secondary N) is 1. The summed E-state index contributed by atoms with van der Waals surface area (Å²) in [6, 6.07) is 6.20. The summed E-state index contributed by atoms with van der Waals surface area (Å²) in [5.41, 5.74) is 9.46. The fourth-order valence-electron chi connectivity index (χ4n) is 2.21. The van der Waals surface area contributed by atoms with Crippen LogP contribution in [0.5, 0.6) is 0 Å². The van der Waals surface area contributed by atoms with Crippen LogP contribution < -0.4 is 11.3 Å². The molecule has 18 heavy (non-hydrogen) atoms. The first-order valence-corrected chi connectivity index (χ1v) is 6.20. The molecule has 1 aromatic heterocycles. The molecule has 0 aliphatic heterocycles. The SMILES string of the molecule is Cc1c(CN)c(=O)[nH]c2ccc(C(C)(C)C)cc12. The minimum atomic E-state index is -0.0778. The molecule has 0 amide bonds. The van der Waals surface area contributed by atoms with Gasteiger partial charge in [-0.2, -0.15) is 0 Å². The Hall–Kier alpha value is -1.61. The molecule has 3 nitrogen and oxygen atoms in total. The molecular formula is C15H20N2O. The third-order valence-electron chi connectivity index (χ3n) is 3.47. The lowest BCUT2D eigenvalue weighted by atomic mass is 9.85. The van der Waals surface area contributed by atoms with Crippen molar-refractivity contribution in [2.75, 3.05) is 0 Å². The lowest BCUT2D eigenvalue weighted by molar-refractivity contribution is 0.591. The zero-order chi connectivity index (χ0) is 13.5. The van der Waals surface area contributed by atoms with Crippen molar-refractivity contribution in [1.29, 1.82) is 0 Å². The van der Waals surface area contributed by atoms with Crippen molar-refractivity contribution in [3.8, 4) is 0 Å². The first-order chi connectivity index (χ1) is 8.34. The standard InChI is InChI=1S/C15H20N2O/c1-9-11-7-10(15(2,3)4)5-6-13(11)17-14(18)12(9)8-16/h5-7H,8,16H2,1-4H3,(H,17,18). The summed E-state index contributed by atoms with van der Waals surface area (Å²) in [5.74, 6) is 0. The molecule has 0 saturated carbocycles. The van der Waals surface area contributed by atoms with Crippen LogP contribution in [0.4, 0.5) is 0 Å². The van der Waals surface area contributed by atoms with E-state index in [0.717, 1.165) is 16.5 Å². The van der Waals surface area contributed by atoms with E-state index in [0.29, 0.717) is 5.56 Å². The van der Waals surface area contributed by atoms with Crippen LogP contribution >= 0.6 is 0 Å². The minimum absolute atomic E-state index is 0.0778. The summed E-state index contributed by atoms with van der Waals surface area (Å²) >= 11 is 0. The molecule has 0 bridgehead atoms. The maximum atomic E-state index is 11.8. The highest BCUT2D eigenvalue weighted by molar-refractivity contribution is 5.83. The molecule has 0 unspecified atom stereocenters. The first-order valence-electron chi connectivity index (χ1n) is 6.20. The number of nitrogens with two attached hydrogens (primary N) is 1. The van der Waals surface area contributed by atoms with E-state index < -0.39 is 0 Å². The molecular weight excluding hydrogens is 224 g/mol. The van der Waals surface area contributed by atoms with Crippen molar-refractivity contribution >= 4 is 10.9 Å². The Morgan fingerprint density at radius 3 is 2.50 bits per heavy atom. The van der Waals surface area contributed by atoms with Crippen LogP contribution in [-0.4, -0.2) is 4.98 Å². The Kier molecular flexibility index (Phi) is 3.03. The fraction of sp³-hybridized carbons (Fsp3) is 0.400. The highest BCUT2D eigenvalue weighted by Crippen LogP contribution is 2.27. The van der Waals surface area contributed by atoms with Gasteiger partial charge in [-0.1, -0.05) is 26.8 Å². The number of aromatic nitrogens is 1. The molecule has 1 heterocycles. The van der Waals surface area contributed by atoms with Crippen LogP contribution in [0.1, 0.15) is 37.5 Å².